The normalized spacial score (nSPS) is 17.3. The third kappa shape index (κ3) is 2.53. The molecule has 5 heteroatoms. The van der Waals surface area contributed by atoms with Crippen molar-refractivity contribution in [1.82, 2.24) is 14.8 Å². The fraction of sp³-hybridized carbons (Fsp3) is 0.500. The van der Waals surface area contributed by atoms with Crippen LogP contribution in [0.2, 0.25) is 5.02 Å². The zero-order valence-electron chi connectivity index (χ0n) is 9.64. The fourth-order valence-electron chi connectivity index (χ4n) is 1.89. The van der Waals surface area contributed by atoms with Crippen molar-refractivity contribution in [3.05, 3.63) is 33.5 Å². The monoisotopic (exact) mass is 267 g/mol. The number of hydrogen-bond acceptors (Lipinski definition) is 3. The average Bonchev–Trinajstić information content (AvgIpc) is 2.90. The van der Waals surface area contributed by atoms with Gasteiger partial charge in [-0.2, -0.15) is 5.10 Å². The molecule has 0 amide bonds. The lowest BCUT2D eigenvalue weighted by atomic mass is 10.2. The molecule has 3 nitrogen and oxygen atoms in total. The predicted molar refractivity (Wildman–Crippen MR) is 69.7 cm³/mol. The summed E-state index contributed by atoms with van der Waals surface area (Å²) in [7, 11) is 0. The van der Waals surface area contributed by atoms with E-state index in [2.05, 4.69) is 22.4 Å². The summed E-state index contributed by atoms with van der Waals surface area (Å²) in [6, 6.07) is 0.306. The highest BCUT2D eigenvalue weighted by Crippen LogP contribution is 2.40. The van der Waals surface area contributed by atoms with Crippen LogP contribution in [-0.4, -0.2) is 14.8 Å². The molecular weight excluding hydrogens is 254 g/mol. The zero-order valence-corrected chi connectivity index (χ0v) is 11.2. The molecule has 1 saturated carbocycles. The Kier molecular flexibility index (Phi) is 2.92. The van der Waals surface area contributed by atoms with E-state index in [9.17, 15) is 0 Å². The molecule has 0 unspecified atom stereocenters. The van der Waals surface area contributed by atoms with Crippen molar-refractivity contribution < 1.29 is 0 Å². The SMILES string of the molecule is C[C@H](Cc1nc(C2CC2)cs1)n1cc(Cl)cn1. The van der Waals surface area contributed by atoms with Gasteiger partial charge in [-0.25, -0.2) is 4.98 Å². The molecule has 1 atom stereocenters. The molecule has 1 aliphatic carbocycles. The van der Waals surface area contributed by atoms with Gasteiger partial charge in [0.05, 0.1) is 28.0 Å². The first-order chi connectivity index (χ1) is 8.22. The molecule has 3 rings (SSSR count). The van der Waals surface area contributed by atoms with Gasteiger partial charge in [-0.05, 0) is 19.8 Å². The van der Waals surface area contributed by atoms with E-state index in [-0.39, 0.29) is 0 Å². The van der Waals surface area contributed by atoms with E-state index in [0.29, 0.717) is 11.1 Å². The molecule has 1 aliphatic rings. The van der Waals surface area contributed by atoms with Gasteiger partial charge in [-0.3, -0.25) is 4.68 Å². The van der Waals surface area contributed by atoms with Crippen LogP contribution < -0.4 is 0 Å². The largest absolute Gasteiger partial charge is 0.268 e. The predicted octanol–water partition coefficient (Wildman–Crippen LogP) is 3.67. The Morgan fingerprint density at radius 2 is 2.41 bits per heavy atom. The Morgan fingerprint density at radius 3 is 3.06 bits per heavy atom. The van der Waals surface area contributed by atoms with Crippen molar-refractivity contribution in [3.63, 3.8) is 0 Å². The van der Waals surface area contributed by atoms with E-state index in [4.69, 9.17) is 11.6 Å². The van der Waals surface area contributed by atoms with Gasteiger partial charge < -0.3 is 0 Å². The van der Waals surface area contributed by atoms with E-state index in [1.807, 2.05) is 10.9 Å². The highest BCUT2D eigenvalue weighted by atomic mass is 35.5. The average molecular weight is 268 g/mol. The summed E-state index contributed by atoms with van der Waals surface area (Å²) in [5, 5.41) is 8.32. The standard InChI is InChI=1S/C12H14ClN3S/c1-8(16-6-10(13)5-14-16)4-12-15-11(7-17-12)9-2-3-9/h5-9H,2-4H2,1H3/t8-/m1/s1. The maximum atomic E-state index is 5.87. The fourth-order valence-corrected chi connectivity index (χ4v) is 3.03. The molecule has 0 bridgehead atoms. The summed E-state index contributed by atoms with van der Waals surface area (Å²) in [6.45, 7) is 2.14. The van der Waals surface area contributed by atoms with Gasteiger partial charge in [0.25, 0.3) is 0 Å². The molecule has 2 aromatic heterocycles. The molecule has 0 radical (unpaired) electrons. The Morgan fingerprint density at radius 1 is 1.59 bits per heavy atom. The van der Waals surface area contributed by atoms with Crippen LogP contribution in [0, 0.1) is 0 Å². The van der Waals surface area contributed by atoms with Crippen LogP contribution in [0.25, 0.3) is 0 Å². The summed E-state index contributed by atoms with van der Waals surface area (Å²) >= 11 is 7.63. The van der Waals surface area contributed by atoms with Crippen molar-refractivity contribution in [3.8, 4) is 0 Å². The summed E-state index contributed by atoms with van der Waals surface area (Å²) in [5.41, 5.74) is 1.29. The quantitative estimate of drug-likeness (QED) is 0.846. The Balaban J connectivity index is 1.68. The minimum atomic E-state index is 0.306. The molecule has 90 valence electrons. The van der Waals surface area contributed by atoms with Crippen LogP contribution >= 0.6 is 22.9 Å². The maximum absolute atomic E-state index is 5.87. The minimum Gasteiger partial charge on any atom is -0.268 e. The molecule has 0 spiro atoms. The number of thiazole rings is 1. The first-order valence-electron chi connectivity index (χ1n) is 5.86. The molecule has 0 saturated heterocycles. The number of aromatic nitrogens is 3. The lowest BCUT2D eigenvalue weighted by molar-refractivity contribution is 0.487. The number of halogens is 1. The first kappa shape index (κ1) is 11.2. The van der Waals surface area contributed by atoms with Gasteiger partial charge in [0.15, 0.2) is 0 Å². The van der Waals surface area contributed by atoms with Crippen LogP contribution in [0.5, 0.6) is 0 Å². The third-order valence-electron chi connectivity index (χ3n) is 3.06. The lowest BCUT2D eigenvalue weighted by Gasteiger charge is -2.09. The van der Waals surface area contributed by atoms with Crippen molar-refractivity contribution in [1.29, 1.82) is 0 Å². The third-order valence-corrected chi connectivity index (χ3v) is 4.14. The second-order valence-electron chi connectivity index (χ2n) is 4.63. The van der Waals surface area contributed by atoms with Gasteiger partial charge in [-0.15, -0.1) is 11.3 Å². The summed E-state index contributed by atoms with van der Waals surface area (Å²) < 4.78 is 1.90. The lowest BCUT2D eigenvalue weighted by Crippen LogP contribution is -2.08. The molecular formula is C12H14ClN3S. The Hall–Kier alpha value is -0.870. The molecule has 0 aromatic carbocycles. The minimum absolute atomic E-state index is 0.306. The number of rotatable bonds is 4. The van der Waals surface area contributed by atoms with Crippen LogP contribution in [0.4, 0.5) is 0 Å². The Labute approximate surface area is 109 Å². The topological polar surface area (TPSA) is 30.7 Å². The van der Waals surface area contributed by atoms with Crippen molar-refractivity contribution in [2.45, 2.75) is 38.1 Å². The molecule has 17 heavy (non-hydrogen) atoms. The summed E-state index contributed by atoms with van der Waals surface area (Å²) in [6.07, 6.45) is 7.09. The van der Waals surface area contributed by atoms with E-state index < -0.39 is 0 Å². The number of nitrogens with zero attached hydrogens (tertiary/aromatic N) is 3. The van der Waals surface area contributed by atoms with Crippen LogP contribution in [0.1, 0.15) is 42.4 Å². The second-order valence-corrected chi connectivity index (χ2v) is 6.01. The highest BCUT2D eigenvalue weighted by Gasteiger charge is 2.26. The Bertz CT molecular complexity index is 515. The van der Waals surface area contributed by atoms with Crippen LogP contribution in [0.3, 0.4) is 0 Å². The molecule has 2 aromatic rings. The highest BCUT2D eigenvalue weighted by molar-refractivity contribution is 7.09. The number of hydrogen-bond donors (Lipinski definition) is 0. The molecule has 0 N–H and O–H groups in total. The summed E-state index contributed by atoms with van der Waals surface area (Å²) in [5.74, 6) is 0.745. The molecule has 1 fully saturated rings. The van der Waals surface area contributed by atoms with Gasteiger partial charge in [0, 0.05) is 23.9 Å². The van der Waals surface area contributed by atoms with Crippen molar-refractivity contribution in [2.75, 3.05) is 0 Å². The molecule has 2 heterocycles. The van der Waals surface area contributed by atoms with E-state index in [1.165, 1.54) is 23.5 Å². The van der Waals surface area contributed by atoms with Crippen LogP contribution in [0.15, 0.2) is 17.8 Å². The van der Waals surface area contributed by atoms with E-state index >= 15 is 0 Å². The van der Waals surface area contributed by atoms with Gasteiger partial charge in [0.1, 0.15) is 0 Å². The summed E-state index contributed by atoms with van der Waals surface area (Å²) in [4.78, 5) is 4.69. The zero-order chi connectivity index (χ0) is 11.8. The van der Waals surface area contributed by atoms with Gasteiger partial charge in [-0.1, -0.05) is 11.6 Å². The van der Waals surface area contributed by atoms with Crippen molar-refractivity contribution in [2.24, 2.45) is 0 Å². The molecule has 0 aliphatic heterocycles. The second kappa shape index (κ2) is 4.42. The van der Waals surface area contributed by atoms with Gasteiger partial charge >= 0.3 is 0 Å². The maximum Gasteiger partial charge on any atom is 0.0949 e. The van der Waals surface area contributed by atoms with E-state index in [0.717, 1.165) is 12.3 Å². The van der Waals surface area contributed by atoms with Crippen molar-refractivity contribution >= 4 is 22.9 Å². The smallest absolute Gasteiger partial charge is 0.0949 e. The first-order valence-corrected chi connectivity index (χ1v) is 7.12. The van der Waals surface area contributed by atoms with E-state index in [1.54, 1.807) is 17.5 Å². The van der Waals surface area contributed by atoms with Crippen LogP contribution in [-0.2, 0) is 6.42 Å². The van der Waals surface area contributed by atoms with Gasteiger partial charge in [0.2, 0.25) is 0 Å².